The predicted octanol–water partition coefficient (Wildman–Crippen LogP) is 2.32. The van der Waals surface area contributed by atoms with E-state index >= 15 is 0 Å². The van der Waals surface area contributed by atoms with Gasteiger partial charge in [-0.1, -0.05) is 26.0 Å². The number of benzene rings is 1. The van der Waals surface area contributed by atoms with Crippen molar-refractivity contribution in [2.75, 3.05) is 6.54 Å². The summed E-state index contributed by atoms with van der Waals surface area (Å²) >= 11 is 0. The zero-order valence-corrected chi connectivity index (χ0v) is 10.1. The molecule has 1 atom stereocenters. The van der Waals surface area contributed by atoms with Crippen LogP contribution in [-0.4, -0.2) is 17.3 Å². The van der Waals surface area contributed by atoms with Gasteiger partial charge in [-0.25, -0.2) is 4.39 Å². The Labute approximate surface area is 96.5 Å². The van der Waals surface area contributed by atoms with Gasteiger partial charge in [0, 0.05) is 13.1 Å². The molecule has 0 aliphatic rings. The first-order chi connectivity index (χ1) is 7.42. The molecular formula is C13H20FNO. The summed E-state index contributed by atoms with van der Waals surface area (Å²) in [4.78, 5) is 0. The van der Waals surface area contributed by atoms with E-state index in [4.69, 9.17) is 0 Å². The average molecular weight is 225 g/mol. The van der Waals surface area contributed by atoms with Crippen molar-refractivity contribution in [1.82, 2.24) is 5.32 Å². The lowest BCUT2D eigenvalue weighted by Crippen LogP contribution is -2.41. The number of hydrogen-bond donors (Lipinski definition) is 2. The van der Waals surface area contributed by atoms with Crippen LogP contribution in [0, 0.1) is 11.7 Å². The van der Waals surface area contributed by atoms with Crippen molar-refractivity contribution in [3.05, 3.63) is 35.6 Å². The van der Waals surface area contributed by atoms with Gasteiger partial charge in [-0.2, -0.15) is 0 Å². The largest absolute Gasteiger partial charge is 0.389 e. The number of hydrogen-bond acceptors (Lipinski definition) is 2. The Balaban J connectivity index is 2.42. The molecule has 0 bridgehead atoms. The molecule has 1 unspecified atom stereocenters. The van der Waals surface area contributed by atoms with Crippen LogP contribution in [0.1, 0.15) is 26.3 Å². The summed E-state index contributed by atoms with van der Waals surface area (Å²) in [7, 11) is 0. The molecule has 0 spiro atoms. The summed E-state index contributed by atoms with van der Waals surface area (Å²) in [6, 6.07) is 6.47. The normalized spacial score (nSPS) is 15.1. The van der Waals surface area contributed by atoms with Crippen LogP contribution in [0.3, 0.4) is 0 Å². The summed E-state index contributed by atoms with van der Waals surface area (Å²) in [6.07, 6.45) is 0. The van der Waals surface area contributed by atoms with Crippen LogP contribution in [0.25, 0.3) is 0 Å². The highest BCUT2D eigenvalue weighted by molar-refractivity contribution is 5.15. The van der Waals surface area contributed by atoms with E-state index in [2.05, 4.69) is 5.32 Å². The van der Waals surface area contributed by atoms with E-state index < -0.39 is 5.60 Å². The first-order valence-corrected chi connectivity index (χ1v) is 5.59. The van der Waals surface area contributed by atoms with Crippen LogP contribution < -0.4 is 5.32 Å². The van der Waals surface area contributed by atoms with Crippen LogP contribution in [0.4, 0.5) is 4.39 Å². The lowest BCUT2D eigenvalue weighted by Gasteiger charge is -2.28. The van der Waals surface area contributed by atoms with Crippen LogP contribution in [0.5, 0.6) is 0 Å². The van der Waals surface area contributed by atoms with Crippen molar-refractivity contribution in [2.24, 2.45) is 5.92 Å². The van der Waals surface area contributed by atoms with Crippen molar-refractivity contribution in [1.29, 1.82) is 0 Å². The number of rotatable bonds is 5. The molecule has 0 saturated carbocycles. The molecule has 0 aliphatic heterocycles. The van der Waals surface area contributed by atoms with Crippen molar-refractivity contribution in [2.45, 2.75) is 32.9 Å². The SMILES string of the molecule is CC(C)C(C)(O)CNCc1cccc(F)c1. The Kier molecular flexibility index (Phi) is 4.44. The molecule has 2 N–H and O–H groups in total. The third kappa shape index (κ3) is 3.91. The fraction of sp³-hybridized carbons (Fsp3) is 0.538. The van der Waals surface area contributed by atoms with E-state index in [0.29, 0.717) is 13.1 Å². The molecule has 16 heavy (non-hydrogen) atoms. The maximum Gasteiger partial charge on any atom is 0.123 e. The van der Waals surface area contributed by atoms with Crippen LogP contribution in [0.2, 0.25) is 0 Å². The van der Waals surface area contributed by atoms with Gasteiger partial charge in [-0.05, 0) is 30.5 Å². The average Bonchev–Trinajstić information content (AvgIpc) is 2.17. The lowest BCUT2D eigenvalue weighted by atomic mass is 9.92. The van der Waals surface area contributed by atoms with Crippen LogP contribution in [-0.2, 0) is 6.54 Å². The van der Waals surface area contributed by atoms with Crippen molar-refractivity contribution in [3.8, 4) is 0 Å². The maximum absolute atomic E-state index is 12.9. The van der Waals surface area contributed by atoms with Gasteiger partial charge >= 0.3 is 0 Å². The Bertz CT molecular complexity index is 336. The molecule has 0 amide bonds. The Morgan fingerprint density at radius 1 is 1.44 bits per heavy atom. The molecule has 1 aromatic carbocycles. The van der Waals surface area contributed by atoms with Gasteiger partial charge in [0.1, 0.15) is 5.82 Å². The van der Waals surface area contributed by atoms with Gasteiger partial charge in [-0.3, -0.25) is 0 Å². The minimum atomic E-state index is -0.729. The second kappa shape index (κ2) is 5.41. The lowest BCUT2D eigenvalue weighted by molar-refractivity contribution is 0.0140. The van der Waals surface area contributed by atoms with E-state index in [0.717, 1.165) is 5.56 Å². The summed E-state index contributed by atoms with van der Waals surface area (Å²) in [5, 5.41) is 13.1. The van der Waals surface area contributed by atoms with Gasteiger partial charge in [0.15, 0.2) is 0 Å². The monoisotopic (exact) mass is 225 g/mol. The third-order valence-corrected chi connectivity index (χ3v) is 2.94. The maximum atomic E-state index is 12.9. The van der Waals surface area contributed by atoms with E-state index in [1.54, 1.807) is 13.0 Å². The molecule has 90 valence electrons. The van der Waals surface area contributed by atoms with Gasteiger partial charge in [-0.15, -0.1) is 0 Å². The number of aliphatic hydroxyl groups is 1. The van der Waals surface area contributed by atoms with Crippen molar-refractivity contribution in [3.63, 3.8) is 0 Å². The molecule has 0 heterocycles. The summed E-state index contributed by atoms with van der Waals surface area (Å²) in [5.41, 5.74) is 0.160. The Morgan fingerprint density at radius 2 is 2.12 bits per heavy atom. The van der Waals surface area contributed by atoms with Gasteiger partial charge in [0.25, 0.3) is 0 Å². The van der Waals surface area contributed by atoms with Crippen molar-refractivity contribution >= 4 is 0 Å². The van der Waals surface area contributed by atoms with Gasteiger partial charge in [0.2, 0.25) is 0 Å². The fourth-order valence-electron chi connectivity index (χ4n) is 1.31. The van der Waals surface area contributed by atoms with E-state index in [1.807, 2.05) is 19.9 Å². The second-order valence-electron chi connectivity index (χ2n) is 4.75. The van der Waals surface area contributed by atoms with Crippen molar-refractivity contribution < 1.29 is 9.50 Å². The Morgan fingerprint density at radius 3 is 2.69 bits per heavy atom. The molecular weight excluding hydrogens is 205 g/mol. The Hall–Kier alpha value is -0.930. The molecule has 0 radical (unpaired) electrons. The van der Waals surface area contributed by atoms with Crippen LogP contribution in [0.15, 0.2) is 24.3 Å². The zero-order chi connectivity index (χ0) is 12.2. The molecule has 1 rings (SSSR count). The topological polar surface area (TPSA) is 32.3 Å². The van der Waals surface area contributed by atoms with Crippen LogP contribution >= 0.6 is 0 Å². The number of nitrogens with one attached hydrogen (secondary N) is 1. The summed E-state index contributed by atoms with van der Waals surface area (Å²) in [5.74, 6) is -0.0394. The molecule has 1 aromatic rings. The van der Waals surface area contributed by atoms with E-state index in [-0.39, 0.29) is 11.7 Å². The van der Waals surface area contributed by atoms with E-state index in [1.165, 1.54) is 12.1 Å². The second-order valence-corrected chi connectivity index (χ2v) is 4.75. The molecule has 0 aromatic heterocycles. The highest BCUT2D eigenvalue weighted by Crippen LogP contribution is 2.14. The van der Waals surface area contributed by atoms with E-state index in [9.17, 15) is 9.50 Å². The van der Waals surface area contributed by atoms with Gasteiger partial charge in [0.05, 0.1) is 5.60 Å². The molecule has 2 nitrogen and oxygen atoms in total. The third-order valence-electron chi connectivity index (χ3n) is 2.94. The first kappa shape index (κ1) is 13.1. The highest BCUT2D eigenvalue weighted by atomic mass is 19.1. The summed E-state index contributed by atoms with van der Waals surface area (Å²) < 4.78 is 12.9. The highest BCUT2D eigenvalue weighted by Gasteiger charge is 2.23. The first-order valence-electron chi connectivity index (χ1n) is 5.59. The minimum Gasteiger partial charge on any atom is -0.389 e. The standard InChI is InChI=1S/C13H20FNO/c1-10(2)13(3,16)9-15-8-11-5-4-6-12(14)7-11/h4-7,10,15-16H,8-9H2,1-3H3. The van der Waals surface area contributed by atoms with Gasteiger partial charge < -0.3 is 10.4 Å². The summed E-state index contributed by atoms with van der Waals surface area (Å²) in [6.45, 7) is 6.83. The molecule has 0 saturated heterocycles. The minimum absolute atomic E-state index is 0.188. The number of halogens is 1. The molecule has 3 heteroatoms. The fourth-order valence-corrected chi connectivity index (χ4v) is 1.31. The smallest absolute Gasteiger partial charge is 0.123 e. The zero-order valence-electron chi connectivity index (χ0n) is 10.1. The molecule has 0 aliphatic carbocycles. The molecule has 0 fully saturated rings. The quantitative estimate of drug-likeness (QED) is 0.806. The predicted molar refractivity (Wildman–Crippen MR) is 63.6 cm³/mol.